The first-order chi connectivity index (χ1) is 8.84. The van der Waals surface area contributed by atoms with Crippen LogP contribution in [0.1, 0.15) is 37.8 Å². The number of nitrogens with two attached hydrogens (primary N) is 1. The van der Waals surface area contributed by atoms with E-state index in [1.807, 2.05) is 24.4 Å². The van der Waals surface area contributed by atoms with Crippen molar-refractivity contribution in [3.05, 3.63) is 30.1 Å². The van der Waals surface area contributed by atoms with Crippen LogP contribution in [0.4, 0.5) is 0 Å². The summed E-state index contributed by atoms with van der Waals surface area (Å²) in [5.41, 5.74) is 6.95. The van der Waals surface area contributed by atoms with Crippen LogP contribution in [0.25, 0.3) is 0 Å². The minimum absolute atomic E-state index is 0.525. The summed E-state index contributed by atoms with van der Waals surface area (Å²) in [5.74, 6) is 0.581. The van der Waals surface area contributed by atoms with Crippen molar-refractivity contribution in [1.82, 2.24) is 10.3 Å². The zero-order valence-electron chi connectivity index (χ0n) is 10.8. The Morgan fingerprint density at radius 2 is 2.17 bits per heavy atom. The van der Waals surface area contributed by atoms with Crippen LogP contribution in [0.2, 0.25) is 0 Å². The van der Waals surface area contributed by atoms with Crippen LogP contribution >= 0.6 is 0 Å². The van der Waals surface area contributed by atoms with Crippen molar-refractivity contribution in [2.24, 2.45) is 10.7 Å². The number of aromatic nitrogens is 1. The minimum atomic E-state index is 0.525. The molecule has 98 valence electrons. The first kappa shape index (κ1) is 12.9. The van der Waals surface area contributed by atoms with Gasteiger partial charge in [0.2, 0.25) is 0 Å². The molecular formula is C14H22N4. The quantitative estimate of drug-likeness (QED) is 0.629. The largest absolute Gasteiger partial charge is 0.370 e. The molecular weight excluding hydrogens is 224 g/mol. The Kier molecular flexibility index (Phi) is 5.00. The average Bonchev–Trinajstić information content (AvgIpc) is 2.41. The maximum absolute atomic E-state index is 5.89. The first-order valence-corrected chi connectivity index (χ1v) is 6.81. The highest BCUT2D eigenvalue weighted by Gasteiger charge is 2.12. The average molecular weight is 246 g/mol. The third kappa shape index (κ3) is 4.35. The summed E-state index contributed by atoms with van der Waals surface area (Å²) in [4.78, 5) is 8.62. The van der Waals surface area contributed by atoms with Crippen molar-refractivity contribution in [1.29, 1.82) is 0 Å². The molecule has 0 aromatic carbocycles. The lowest BCUT2D eigenvalue weighted by Gasteiger charge is -2.23. The first-order valence-electron chi connectivity index (χ1n) is 6.81. The van der Waals surface area contributed by atoms with Crippen molar-refractivity contribution >= 4 is 5.96 Å². The molecule has 1 aliphatic carbocycles. The molecule has 0 aliphatic heterocycles. The molecule has 1 aromatic heterocycles. The van der Waals surface area contributed by atoms with Gasteiger partial charge >= 0.3 is 0 Å². The molecule has 3 N–H and O–H groups in total. The van der Waals surface area contributed by atoms with Crippen molar-refractivity contribution in [2.75, 3.05) is 6.54 Å². The highest BCUT2D eigenvalue weighted by atomic mass is 15.1. The summed E-state index contributed by atoms with van der Waals surface area (Å²) in [6.07, 6.45) is 9.05. The van der Waals surface area contributed by atoms with Crippen LogP contribution in [0.5, 0.6) is 0 Å². The molecule has 1 heterocycles. The van der Waals surface area contributed by atoms with E-state index >= 15 is 0 Å². The van der Waals surface area contributed by atoms with Gasteiger partial charge in [-0.25, -0.2) is 0 Å². The molecule has 0 bridgehead atoms. The summed E-state index contributed by atoms with van der Waals surface area (Å²) in [5, 5.41) is 3.31. The van der Waals surface area contributed by atoms with Crippen molar-refractivity contribution < 1.29 is 0 Å². The lowest BCUT2D eigenvalue weighted by Crippen LogP contribution is -2.41. The van der Waals surface area contributed by atoms with Crippen LogP contribution in [-0.4, -0.2) is 23.5 Å². The maximum atomic E-state index is 5.89. The third-order valence-electron chi connectivity index (χ3n) is 3.33. The monoisotopic (exact) mass is 246 g/mol. The van der Waals surface area contributed by atoms with E-state index < -0.39 is 0 Å². The summed E-state index contributed by atoms with van der Waals surface area (Å²) >= 11 is 0. The Bertz CT molecular complexity index is 369. The number of hydrogen-bond acceptors (Lipinski definition) is 2. The number of rotatable bonds is 4. The summed E-state index contributed by atoms with van der Waals surface area (Å²) in [7, 11) is 0. The molecule has 0 radical (unpaired) electrons. The van der Waals surface area contributed by atoms with Gasteiger partial charge in [-0.2, -0.15) is 0 Å². The van der Waals surface area contributed by atoms with Gasteiger partial charge < -0.3 is 11.1 Å². The molecule has 18 heavy (non-hydrogen) atoms. The Hall–Kier alpha value is -1.58. The van der Waals surface area contributed by atoms with E-state index in [2.05, 4.69) is 15.3 Å². The molecule has 0 saturated heterocycles. The second-order valence-electron chi connectivity index (χ2n) is 4.82. The molecule has 0 atom stereocenters. The maximum Gasteiger partial charge on any atom is 0.188 e. The van der Waals surface area contributed by atoms with Crippen LogP contribution in [0.15, 0.2) is 29.4 Å². The minimum Gasteiger partial charge on any atom is -0.370 e. The Balaban J connectivity index is 1.71. The van der Waals surface area contributed by atoms with Gasteiger partial charge in [-0.3, -0.25) is 9.98 Å². The van der Waals surface area contributed by atoms with Crippen molar-refractivity contribution in [2.45, 2.75) is 44.6 Å². The van der Waals surface area contributed by atoms with Gasteiger partial charge in [0.1, 0.15) is 0 Å². The zero-order chi connectivity index (χ0) is 12.6. The van der Waals surface area contributed by atoms with Crippen molar-refractivity contribution in [3.8, 4) is 0 Å². The van der Waals surface area contributed by atoms with E-state index in [1.165, 1.54) is 32.1 Å². The van der Waals surface area contributed by atoms with Gasteiger partial charge in [-0.1, -0.05) is 25.3 Å². The van der Waals surface area contributed by atoms with Crippen molar-refractivity contribution in [3.63, 3.8) is 0 Å². The second kappa shape index (κ2) is 6.99. The topological polar surface area (TPSA) is 63.3 Å². The lowest BCUT2D eigenvalue weighted by molar-refractivity contribution is 0.412. The number of nitrogens with zero attached hydrogens (tertiary/aromatic N) is 2. The summed E-state index contributed by atoms with van der Waals surface area (Å²) < 4.78 is 0. The molecule has 1 aromatic rings. The van der Waals surface area contributed by atoms with Crippen LogP contribution in [-0.2, 0) is 6.42 Å². The smallest absolute Gasteiger partial charge is 0.188 e. The van der Waals surface area contributed by atoms with Gasteiger partial charge in [0.15, 0.2) is 5.96 Å². The fraction of sp³-hybridized carbons (Fsp3) is 0.571. The number of nitrogens with one attached hydrogen (secondary N) is 1. The van der Waals surface area contributed by atoms with Gasteiger partial charge in [0, 0.05) is 30.9 Å². The fourth-order valence-electron chi connectivity index (χ4n) is 2.34. The van der Waals surface area contributed by atoms with E-state index in [0.717, 1.165) is 12.1 Å². The molecule has 0 unspecified atom stereocenters. The molecule has 1 fully saturated rings. The van der Waals surface area contributed by atoms with Crippen LogP contribution in [0.3, 0.4) is 0 Å². The van der Waals surface area contributed by atoms with E-state index in [-0.39, 0.29) is 0 Å². The van der Waals surface area contributed by atoms with Gasteiger partial charge in [0.05, 0.1) is 0 Å². The van der Waals surface area contributed by atoms with E-state index in [4.69, 9.17) is 5.73 Å². The zero-order valence-corrected chi connectivity index (χ0v) is 10.8. The molecule has 4 heteroatoms. The van der Waals surface area contributed by atoms with Gasteiger partial charge in [-0.05, 0) is 25.0 Å². The SMILES string of the molecule is NC(=NCCc1ccccn1)NC1CCCCC1. The normalized spacial score (nSPS) is 17.7. The molecule has 1 saturated carbocycles. The number of aliphatic imine (C=N–C) groups is 1. The standard InChI is InChI=1S/C14H22N4/c15-14(18-13-7-2-1-3-8-13)17-11-9-12-6-4-5-10-16-12/h4-6,10,13H,1-3,7-9,11H2,(H3,15,17,18). The van der Waals surface area contributed by atoms with E-state index in [9.17, 15) is 0 Å². The van der Waals surface area contributed by atoms with Crippen LogP contribution in [0, 0.1) is 0 Å². The van der Waals surface area contributed by atoms with Crippen LogP contribution < -0.4 is 11.1 Å². The van der Waals surface area contributed by atoms with Gasteiger partial charge in [0.25, 0.3) is 0 Å². The molecule has 0 amide bonds. The fourth-order valence-corrected chi connectivity index (χ4v) is 2.34. The number of pyridine rings is 1. The third-order valence-corrected chi connectivity index (χ3v) is 3.33. The number of guanidine groups is 1. The Morgan fingerprint density at radius 3 is 2.89 bits per heavy atom. The Morgan fingerprint density at radius 1 is 1.33 bits per heavy atom. The molecule has 4 nitrogen and oxygen atoms in total. The second-order valence-corrected chi connectivity index (χ2v) is 4.82. The highest BCUT2D eigenvalue weighted by Crippen LogP contribution is 2.16. The number of hydrogen-bond donors (Lipinski definition) is 2. The van der Waals surface area contributed by atoms with E-state index in [0.29, 0.717) is 18.5 Å². The predicted molar refractivity (Wildman–Crippen MR) is 74.4 cm³/mol. The Labute approximate surface area is 109 Å². The van der Waals surface area contributed by atoms with Gasteiger partial charge in [-0.15, -0.1) is 0 Å². The molecule has 0 spiro atoms. The molecule has 2 rings (SSSR count). The summed E-state index contributed by atoms with van der Waals surface area (Å²) in [6.45, 7) is 0.697. The predicted octanol–water partition coefficient (Wildman–Crippen LogP) is 1.86. The lowest BCUT2D eigenvalue weighted by atomic mass is 9.96. The molecule has 1 aliphatic rings. The van der Waals surface area contributed by atoms with E-state index in [1.54, 1.807) is 0 Å². The summed E-state index contributed by atoms with van der Waals surface area (Å²) in [6, 6.07) is 6.46. The highest BCUT2D eigenvalue weighted by molar-refractivity contribution is 5.78.